The fourth-order valence-corrected chi connectivity index (χ4v) is 3.31. The van der Waals surface area contributed by atoms with Crippen LogP contribution in [0.4, 0.5) is 5.82 Å². The van der Waals surface area contributed by atoms with Crippen molar-refractivity contribution in [3.05, 3.63) is 77.6 Å². The minimum atomic E-state index is -0.627. The number of rotatable bonds is 12. The van der Waals surface area contributed by atoms with Gasteiger partial charge in [0.25, 0.3) is 5.91 Å². The summed E-state index contributed by atoms with van der Waals surface area (Å²) in [4.78, 5) is 12.5. The number of aryl methyl sites for hydroxylation is 1. The number of nitriles is 1. The second kappa shape index (κ2) is 12.7. The Balaban J connectivity index is 1.73. The van der Waals surface area contributed by atoms with Crippen molar-refractivity contribution in [2.24, 2.45) is 0 Å². The summed E-state index contributed by atoms with van der Waals surface area (Å²) in [5, 5.41) is 15.7. The van der Waals surface area contributed by atoms with Crippen molar-refractivity contribution in [2.45, 2.75) is 13.3 Å². The van der Waals surface area contributed by atoms with Crippen LogP contribution in [-0.2, 0) is 11.2 Å². The van der Waals surface area contributed by atoms with Crippen molar-refractivity contribution in [3.63, 3.8) is 0 Å². The van der Waals surface area contributed by atoms with Crippen LogP contribution >= 0.6 is 0 Å². The Morgan fingerprint density at radius 1 is 1.11 bits per heavy atom. The third kappa shape index (κ3) is 6.67. The van der Waals surface area contributed by atoms with Gasteiger partial charge in [-0.3, -0.25) is 4.79 Å². The van der Waals surface area contributed by atoms with Crippen LogP contribution in [0.5, 0.6) is 23.0 Å². The predicted molar refractivity (Wildman–Crippen MR) is 134 cm³/mol. The molecule has 36 heavy (non-hydrogen) atoms. The molecule has 0 unspecified atom stereocenters. The Morgan fingerprint density at radius 2 is 1.81 bits per heavy atom. The number of para-hydroxylation sites is 1. The molecule has 0 fully saturated rings. The minimum Gasteiger partial charge on any atom is -0.493 e. The van der Waals surface area contributed by atoms with E-state index in [0.717, 1.165) is 11.3 Å². The summed E-state index contributed by atoms with van der Waals surface area (Å²) in [5.41, 5.74) is 1.41. The molecule has 0 bridgehead atoms. The molecule has 0 aliphatic heterocycles. The molecule has 186 valence electrons. The monoisotopic (exact) mass is 489 g/mol. The van der Waals surface area contributed by atoms with Gasteiger partial charge in [-0.2, -0.15) is 5.26 Å². The first-order valence-corrected chi connectivity index (χ1v) is 11.1. The summed E-state index contributed by atoms with van der Waals surface area (Å²) in [7, 11) is 2.98. The van der Waals surface area contributed by atoms with Gasteiger partial charge >= 0.3 is 0 Å². The van der Waals surface area contributed by atoms with Gasteiger partial charge in [-0.1, -0.05) is 29.4 Å². The van der Waals surface area contributed by atoms with Gasteiger partial charge in [0.15, 0.2) is 17.3 Å². The number of benzene rings is 2. The second-order valence-electron chi connectivity index (χ2n) is 7.50. The predicted octanol–water partition coefficient (Wildman–Crippen LogP) is 4.73. The van der Waals surface area contributed by atoms with E-state index in [9.17, 15) is 10.1 Å². The number of ether oxygens (including phenoxy) is 4. The van der Waals surface area contributed by atoms with E-state index in [2.05, 4.69) is 17.1 Å². The highest BCUT2D eigenvalue weighted by Crippen LogP contribution is 2.39. The van der Waals surface area contributed by atoms with Crippen molar-refractivity contribution in [3.8, 4) is 29.1 Å². The number of allylic oxidation sites excluding steroid dienone is 1. The second-order valence-corrected chi connectivity index (χ2v) is 7.50. The molecule has 0 atom stereocenters. The lowest BCUT2D eigenvalue weighted by Crippen LogP contribution is -2.13. The van der Waals surface area contributed by atoms with E-state index < -0.39 is 5.91 Å². The van der Waals surface area contributed by atoms with Gasteiger partial charge in [0.2, 0.25) is 5.75 Å². The van der Waals surface area contributed by atoms with Gasteiger partial charge in [-0.05, 0) is 48.7 Å². The number of carbonyl (C=O) groups is 1. The number of anilines is 1. The van der Waals surface area contributed by atoms with Crippen molar-refractivity contribution in [2.75, 3.05) is 32.8 Å². The number of hydrogen-bond acceptors (Lipinski definition) is 8. The maximum Gasteiger partial charge on any atom is 0.267 e. The van der Waals surface area contributed by atoms with Crippen molar-refractivity contribution >= 4 is 17.8 Å². The Hall–Kier alpha value is -4.71. The maximum absolute atomic E-state index is 12.5. The zero-order valence-electron chi connectivity index (χ0n) is 20.4. The van der Waals surface area contributed by atoms with Gasteiger partial charge in [-0.25, -0.2) is 0 Å². The van der Waals surface area contributed by atoms with E-state index in [-0.39, 0.29) is 18.0 Å². The summed E-state index contributed by atoms with van der Waals surface area (Å²) < 4.78 is 27.7. The highest BCUT2D eigenvalue weighted by atomic mass is 16.6. The maximum atomic E-state index is 12.5. The largest absolute Gasteiger partial charge is 0.493 e. The number of methoxy groups -OCH3 is 2. The molecule has 1 aromatic heterocycles. The average molecular weight is 490 g/mol. The van der Waals surface area contributed by atoms with E-state index in [0.29, 0.717) is 41.6 Å². The molecular weight excluding hydrogens is 462 g/mol. The van der Waals surface area contributed by atoms with E-state index in [1.54, 1.807) is 25.1 Å². The van der Waals surface area contributed by atoms with E-state index >= 15 is 0 Å². The smallest absolute Gasteiger partial charge is 0.267 e. The first kappa shape index (κ1) is 25.9. The van der Waals surface area contributed by atoms with E-state index in [1.165, 1.54) is 20.3 Å². The third-order valence-electron chi connectivity index (χ3n) is 4.95. The molecule has 1 amide bonds. The fraction of sp³-hybridized carbons (Fsp3) is 0.222. The molecule has 1 N–H and O–H groups in total. The highest BCUT2D eigenvalue weighted by Gasteiger charge is 2.17. The normalized spacial score (nSPS) is 10.8. The van der Waals surface area contributed by atoms with E-state index in [1.807, 2.05) is 36.4 Å². The highest BCUT2D eigenvalue weighted by molar-refractivity contribution is 6.09. The molecule has 9 nitrogen and oxygen atoms in total. The zero-order chi connectivity index (χ0) is 25.9. The SMILES string of the molecule is C=CCc1ccccc1OCCOc1c(OC)cc(/C=C(/C#N)C(=O)Nc2cc(C)on2)cc1OC. The standard InChI is InChI=1S/C27H27N3O6/c1-5-8-20-9-6-7-10-22(20)34-11-12-35-26-23(32-3)15-19(16-24(26)33-4)14-21(17-28)27(31)29-25-13-18(2)36-30-25/h5-7,9-10,13-16H,1,8,11-12H2,2-4H3,(H,29,30,31)/b21-14-. The Kier molecular flexibility index (Phi) is 9.12. The Bertz CT molecular complexity index is 1260. The molecule has 0 aliphatic carbocycles. The van der Waals surface area contributed by atoms with Gasteiger partial charge < -0.3 is 28.8 Å². The van der Waals surface area contributed by atoms with Crippen molar-refractivity contribution in [1.82, 2.24) is 5.16 Å². The Labute approximate surface area is 209 Å². The van der Waals surface area contributed by atoms with Crippen LogP contribution in [0.15, 0.2) is 65.2 Å². The van der Waals surface area contributed by atoms with Crippen LogP contribution in [0.2, 0.25) is 0 Å². The van der Waals surface area contributed by atoms with Crippen LogP contribution in [0.1, 0.15) is 16.9 Å². The quantitative estimate of drug-likeness (QED) is 0.168. The zero-order valence-corrected chi connectivity index (χ0v) is 20.4. The summed E-state index contributed by atoms with van der Waals surface area (Å²) in [5.74, 6) is 2.01. The molecule has 3 rings (SSSR count). The van der Waals surface area contributed by atoms with Crippen LogP contribution < -0.4 is 24.3 Å². The lowest BCUT2D eigenvalue weighted by molar-refractivity contribution is -0.112. The summed E-state index contributed by atoms with van der Waals surface area (Å²) in [6.45, 7) is 5.99. The molecular formula is C27H27N3O6. The summed E-state index contributed by atoms with van der Waals surface area (Å²) >= 11 is 0. The first-order valence-electron chi connectivity index (χ1n) is 11.1. The lowest BCUT2D eigenvalue weighted by Gasteiger charge is -2.16. The van der Waals surface area contributed by atoms with E-state index in [4.69, 9.17) is 23.5 Å². The Morgan fingerprint density at radius 3 is 2.42 bits per heavy atom. The van der Waals surface area contributed by atoms with Gasteiger partial charge in [0.05, 0.1) is 14.2 Å². The minimum absolute atomic E-state index is 0.139. The molecule has 2 aromatic carbocycles. The number of carbonyl (C=O) groups excluding carboxylic acids is 1. The topological polar surface area (TPSA) is 116 Å². The molecule has 3 aromatic rings. The number of nitrogens with one attached hydrogen (secondary N) is 1. The van der Waals surface area contributed by atoms with Gasteiger partial charge in [-0.15, -0.1) is 6.58 Å². The van der Waals surface area contributed by atoms with Crippen LogP contribution in [0, 0.1) is 18.3 Å². The van der Waals surface area contributed by atoms with Crippen molar-refractivity contribution < 1.29 is 28.3 Å². The average Bonchev–Trinajstić information content (AvgIpc) is 3.30. The summed E-state index contributed by atoms with van der Waals surface area (Å²) in [6, 6.07) is 14.5. The number of hydrogen-bond donors (Lipinski definition) is 1. The van der Waals surface area contributed by atoms with Crippen LogP contribution in [0.3, 0.4) is 0 Å². The molecule has 9 heteroatoms. The molecule has 0 spiro atoms. The summed E-state index contributed by atoms with van der Waals surface area (Å²) in [6.07, 6.45) is 3.94. The van der Waals surface area contributed by atoms with Gasteiger partial charge in [0, 0.05) is 6.07 Å². The third-order valence-corrected chi connectivity index (χ3v) is 4.95. The molecule has 0 saturated heterocycles. The first-order chi connectivity index (χ1) is 17.5. The van der Waals surface area contributed by atoms with Gasteiger partial charge in [0.1, 0.15) is 36.4 Å². The molecule has 1 heterocycles. The molecule has 0 aliphatic rings. The molecule has 0 radical (unpaired) electrons. The fourth-order valence-electron chi connectivity index (χ4n) is 3.31. The van der Waals surface area contributed by atoms with Crippen LogP contribution in [-0.4, -0.2) is 38.5 Å². The lowest BCUT2D eigenvalue weighted by atomic mass is 10.1. The van der Waals surface area contributed by atoms with Crippen LogP contribution in [0.25, 0.3) is 6.08 Å². The molecule has 0 saturated carbocycles. The number of amides is 1. The number of nitrogens with zero attached hydrogens (tertiary/aromatic N) is 2. The van der Waals surface area contributed by atoms with Crippen molar-refractivity contribution in [1.29, 1.82) is 5.26 Å². The number of aromatic nitrogens is 1.